The lowest BCUT2D eigenvalue weighted by atomic mass is 10.1. The minimum absolute atomic E-state index is 0.0757. The summed E-state index contributed by atoms with van der Waals surface area (Å²) in [6.45, 7) is 8.56. The van der Waals surface area contributed by atoms with Gasteiger partial charge in [-0.2, -0.15) is 0 Å². The third kappa shape index (κ3) is 4.56. The second-order valence-electron chi connectivity index (χ2n) is 5.53. The van der Waals surface area contributed by atoms with Crippen molar-refractivity contribution < 1.29 is 9.90 Å². The molecule has 0 unspecified atom stereocenters. The Labute approximate surface area is 115 Å². The number of aliphatic hydroxyl groups is 1. The average Bonchev–Trinajstić information content (AvgIpc) is 2.29. The Balaban J connectivity index is 2.86. The molecular weight excluding hydrogens is 240 g/mol. The van der Waals surface area contributed by atoms with E-state index >= 15 is 0 Å². The molecule has 0 aliphatic heterocycles. The van der Waals surface area contributed by atoms with Crippen molar-refractivity contribution in [3.63, 3.8) is 0 Å². The number of benzene rings is 1. The molecule has 4 heteroatoms. The largest absolute Gasteiger partial charge is 0.389 e. The Hall–Kier alpha value is -1.55. The number of carbonyl (C=O) groups excluding carboxylic acids is 1. The first-order valence-corrected chi connectivity index (χ1v) is 6.57. The second kappa shape index (κ2) is 6.06. The van der Waals surface area contributed by atoms with E-state index in [-0.39, 0.29) is 5.91 Å². The predicted octanol–water partition coefficient (Wildman–Crippen LogP) is 2.27. The zero-order chi connectivity index (χ0) is 14.6. The molecule has 1 aromatic rings. The van der Waals surface area contributed by atoms with Gasteiger partial charge in [-0.25, -0.2) is 0 Å². The van der Waals surface area contributed by atoms with E-state index < -0.39 is 5.60 Å². The Bertz CT molecular complexity index is 450. The number of carbonyl (C=O) groups is 1. The van der Waals surface area contributed by atoms with Gasteiger partial charge in [0.2, 0.25) is 0 Å². The van der Waals surface area contributed by atoms with Crippen LogP contribution in [-0.4, -0.2) is 41.7 Å². The molecule has 0 fully saturated rings. The molecule has 0 atom stereocenters. The van der Waals surface area contributed by atoms with Gasteiger partial charge in [-0.3, -0.25) is 4.79 Å². The highest BCUT2D eigenvalue weighted by molar-refractivity contribution is 5.94. The molecule has 106 valence electrons. The van der Waals surface area contributed by atoms with Crippen LogP contribution in [-0.2, 0) is 0 Å². The number of hydrogen-bond donors (Lipinski definition) is 2. The van der Waals surface area contributed by atoms with Gasteiger partial charge in [0.15, 0.2) is 0 Å². The van der Waals surface area contributed by atoms with Gasteiger partial charge < -0.3 is 15.3 Å². The minimum atomic E-state index is -0.886. The molecule has 4 nitrogen and oxygen atoms in total. The summed E-state index contributed by atoms with van der Waals surface area (Å²) in [5, 5.41) is 13.0. The van der Waals surface area contributed by atoms with E-state index in [0.29, 0.717) is 12.1 Å². The van der Waals surface area contributed by atoms with Crippen molar-refractivity contribution in [2.24, 2.45) is 0 Å². The van der Waals surface area contributed by atoms with Gasteiger partial charge in [0.25, 0.3) is 5.91 Å². The highest BCUT2D eigenvalue weighted by Crippen LogP contribution is 2.18. The normalized spacial score (nSPS) is 11.3. The number of nitrogens with zero attached hydrogens (tertiary/aromatic N) is 1. The zero-order valence-corrected chi connectivity index (χ0v) is 12.4. The van der Waals surface area contributed by atoms with E-state index in [2.05, 4.69) is 5.32 Å². The third-order valence-corrected chi connectivity index (χ3v) is 2.81. The van der Waals surface area contributed by atoms with Crippen molar-refractivity contribution in [1.82, 2.24) is 4.90 Å². The first kappa shape index (κ1) is 15.5. The molecule has 0 bridgehead atoms. The van der Waals surface area contributed by atoms with E-state index in [9.17, 15) is 9.90 Å². The van der Waals surface area contributed by atoms with Gasteiger partial charge in [0, 0.05) is 31.4 Å². The van der Waals surface area contributed by atoms with Crippen molar-refractivity contribution >= 4 is 11.6 Å². The summed E-state index contributed by atoms with van der Waals surface area (Å²) in [6.07, 6.45) is 0. The van der Waals surface area contributed by atoms with Crippen LogP contribution in [0.25, 0.3) is 0 Å². The summed E-state index contributed by atoms with van der Waals surface area (Å²) < 4.78 is 0. The molecule has 1 rings (SSSR count). The fourth-order valence-corrected chi connectivity index (χ4v) is 2.06. The lowest BCUT2D eigenvalue weighted by molar-refractivity contribution is 0.0368. The van der Waals surface area contributed by atoms with E-state index in [0.717, 1.165) is 17.8 Å². The van der Waals surface area contributed by atoms with Gasteiger partial charge in [-0.1, -0.05) is 0 Å². The fraction of sp³-hybridized carbons (Fsp3) is 0.533. The van der Waals surface area contributed by atoms with Crippen LogP contribution in [0, 0.1) is 6.92 Å². The molecule has 0 aliphatic rings. The number of amides is 1. The number of hydrogen-bond acceptors (Lipinski definition) is 3. The number of anilines is 1. The Morgan fingerprint density at radius 2 is 2.05 bits per heavy atom. The highest BCUT2D eigenvalue weighted by atomic mass is 16.3. The maximum atomic E-state index is 12.2. The van der Waals surface area contributed by atoms with Gasteiger partial charge in [0.05, 0.1) is 5.60 Å². The zero-order valence-electron chi connectivity index (χ0n) is 12.4. The van der Waals surface area contributed by atoms with E-state index in [1.165, 1.54) is 0 Å². The molecule has 0 aromatic heterocycles. The molecule has 0 spiro atoms. The van der Waals surface area contributed by atoms with Crippen LogP contribution >= 0.6 is 0 Å². The van der Waals surface area contributed by atoms with Crippen molar-refractivity contribution in [2.75, 3.05) is 25.5 Å². The van der Waals surface area contributed by atoms with Gasteiger partial charge in [-0.05, 0) is 51.5 Å². The van der Waals surface area contributed by atoms with Crippen molar-refractivity contribution in [3.05, 3.63) is 29.3 Å². The van der Waals surface area contributed by atoms with E-state index in [1.807, 2.05) is 32.0 Å². The molecule has 1 amide bonds. The molecule has 0 heterocycles. The summed E-state index contributed by atoms with van der Waals surface area (Å²) in [4.78, 5) is 13.8. The van der Waals surface area contributed by atoms with Crippen LogP contribution in [0.15, 0.2) is 18.2 Å². The number of aryl methyl sites for hydroxylation is 1. The Kier molecular flexibility index (Phi) is 4.95. The lowest BCUT2D eigenvalue weighted by Crippen LogP contribution is -2.39. The molecule has 0 aliphatic carbocycles. The maximum Gasteiger partial charge on any atom is 0.253 e. The van der Waals surface area contributed by atoms with E-state index in [4.69, 9.17) is 0 Å². The van der Waals surface area contributed by atoms with Crippen LogP contribution in [0.5, 0.6) is 0 Å². The first-order valence-electron chi connectivity index (χ1n) is 6.57. The summed E-state index contributed by atoms with van der Waals surface area (Å²) in [6, 6.07) is 5.61. The third-order valence-electron chi connectivity index (χ3n) is 2.81. The monoisotopic (exact) mass is 264 g/mol. The summed E-state index contributed by atoms with van der Waals surface area (Å²) in [5.41, 5.74) is 1.85. The van der Waals surface area contributed by atoms with Crippen LogP contribution in [0.2, 0.25) is 0 Å². The quantitative estimate of drug-likeness (QED) is 0.858. The standard InChI is InChI=1S/C15H24N2O2/c1-6-16-13-8-7-12(9-11(13)2)14(18)17(5)10-15(3,4)19/h7-9,16,19H,6,10H2,1-5H3. The summed E-state index contributed by atoms with van der Waals surface area (Å²) >= 11 is 0. The van der Waals surface area contributed by atoms with Crippen LogP contribution < -0.4 is 5.32 Å². The molecule has 0 saturated heterocycles. The summed E-state index contributed by atoms with van der Waals surface area (Å²) in [5.74, 6) is -0.0757. The molecular formula is C15H24N2O2. The SMILES string of the molecule is CCNc1ccc(C(=O)N(C)CC(C)(C)O)cc1C. The lowest BCUT2D eigenvalue weighted by Gasteiger charge is -2.25. The predicted molar refractivity (Wildman–Crippen MR) is 78.6 cm³/mol. The van der Waals surface area contributed by atoms with Crippen molar-refractivity contribution in [2.45, 2.75) is 33.3 Å². The van der Waals surface area contributed by atoms with Crippen molar-refractivity contribution in [3.8, 4) is 0 Å². The Morgan fingerprint density at radius 1 is 1.42 bits per heavy atom. The van der Waals surface area contributed by atoms with E-state index in [1.54, 1.807) is 25.8 Å². The first-order chi connectivity index (χ1) is 8.74. The van der Waals surface area contributed by atoms with Crippen molar-refractivity contribution in [1.29, 1.82) is 0 Å². The molecule has 0 radical (unpaired) electrons. The second-order valence-corrected chi connectivity index (χ2v) is 5.53. The number of nitrogens with one attached hydrogen (secondary N) is 1. The van der Waals surface area contributed by atoms with Gasteiger partial charge in [0.1, 0.15) is 0 Å². The molecule has 2 N–H and O–H groups in total. The maximum absolute atomic E-state index is 12.2. The van der Waals surface area contributed by atoms with Crippen LogP contribution in [0.1, 0.15) is 36.7 Å². The van der Waals surface area contributed by atoms with Crippen LogP contribution in [0.3, 0.4) is 0 Å². The topological polar surface area (TPSA) is 52.6 Å². The van der Waals surface area contributed by atoms with Gasteiger partial charge >= 0.3 is 0 Å². The number of likely N-dealkylation sites (N-methyl/N-ethyl adjacent to an activating group) is 1. The smallest absolute Gasteiger partial charge is 0.253 e. The number of rotatable bonds is 5. The fourth-order valence-electron chi connectivity index (χ4n) is 2.06. The molecule has 1 aromatic carbocycles. The Morgan fingerprint density at radius 3 is 2.53 bits per heavy atom. The summed E-state index contributed by atoms with van der Waals surface area (Å²) in [7, 11) is 1.70. The highest BCUT2D eigenvalue weighted by Gasteiger charge is 2.20. The van der Waals surface area contributed by atoms with Crippen LogP contribution in [0.4, 0.5) is 5.69 Å². The molecule has 19 heavy (non-hydrogen) atoms. The average molecular weight is 264 g/mol. The minimum Gasteiger partial charge on any atom is -0.389 e. The van der Waals surface area contributed by atoms with Gasteiger partial charge in [-0.15, -0.1) is 0 Å². The molecule has 0 saturated carbocycles.